The molecule has 0 aliphatic carbocycles. The Balaban J connectivity index is 1.61. The van der Waals surface area contributed by atoms with Gasteiger partial charge >= 0.3 is 0 Å². The maximum atomic E-state index is 6.08. The van der Waals surface area contributed by atoms with E-state index in [-0.39, 0.29) is 0 Å². The summed E-state index contributed by atoms with van der Waals surface area (Å²) in [5, 5.41) is 10.6. The van der Waals surface area contributed by atoms with Gasteiger partial charge in [-0.25, -0.2) is 0 Å². The van der Waals surface area contributed by atoms with Crippen LogP contribution in [0.15, 0.2) is 41.7 Å². The summed E-state index contributed by atoms with van der Waals surface area (Å²) >= 11 is 19.4. The summed E-state index contributed by atoms with van der Waals surface area (Å²) in [5.41, 5.74) is 0.590. The molecule has 0 aliphatic heterocycles. The molecule has 0 bridgehead atoms. The molecule has 0 aliphatic rings. The second-order valence-electron chi connectivity index (χ2n) is 4.33. The Bertz CT molecular complexity index is 792. The topological polar surface area (TPSA) is 39.4 Å². The molecule has 0 saturated heterocycles. The van der Waals surface area contributed by atoms with Crippen molar-refractivity contribution in [1.82, 2.24) is 14.6 Å². The third kappa shape index (κ3) is 3.60. The van der Waals surface area contributed by atoms with Gasteiger partial charge in [0.1, 0.15) is 5.75 Å². The first kappa shape index (κ1) is 15.7. The van der Waals surface area contributed by atoms with Gasteiger partial charge in [-0.1, -0.05) is 46.6 Å². The highest BCUT2D eigenvalue weighted by Crippen LogP contribution is 2.25. The lowest BCUT2D eigenvalue weighted by Gasteiger charge is -2.05. The smallest absolute Gasteiger partial charge is 0.195 e. The van der Waals surface area contributed by atoms with Gasteiger partial charge < -0.3 is 4.74 Å². The first-order valence-electron chi connectivity index (χ1n) is 6.34. The summed E-state index contributed by atoms with van der Waals surface area (Å²) in [7, 11) is 0. The fourth-order valence-electron chi connectivity index (χ4n) is 1.82. The van der Waals surface area contributed by atoms with E-state index < -0.39 is 0 Å². The van der Waals surface area contributed by atoms with Gasteiger partial charge in [-0.05, 0) is 30.3 Å². The normalized spacial score (nSPS) is 11.0. The Kier molecular flexibility index (Phi) is 4.98. The molecule has 2 aromatic heterocycles. The monoisotopic (exact) mass is 373 g/mol. The van der Waals surface area contributed by atoms with Crippen molar-refractivity contribution < 1.29 is 4.74 Å². The predicted molar refractivity (Wildman–Crippen MR) is 90.7 cm³/mol. The van der Waals surface area contributed by atoms with Crippen molar-refractivity contribution in [3.8, 4) is 5.75 Å². The van der Waals surface area contributed by atoms with Crippen LogP contribution in [0.5, 0.6) is 5.75 Å². The van der Waals surface area contributed by atoms with Crippen LogP contribution in [-0.2, 0) is 0 Å². The fraction of sp³-hybridized carbons (Fsp3) is 0.143. The van der Waals surface area contributed by atoms with Gasteiger partial charge in [0.25, 0.3) is 0 Å². The molecule has 0 fully saturated rings. The number of benzene rings is 1. The van der Waals surface area contributed by atoms with Crippen molar-refractivity contribution in [2.24, 2.45) is 0 Å². The number of halogens is 3. The van der Waals surface area contributed by atoms with Gasteiger partial charge in [-0.3, -0.25) is 4.40 Å². The standard InChI is InChI=1S/C14H10Cl3N3OS/c15-9-1-3-11(4-2-9)21-5-6-22-14-19-18-13-12(17)7-10(16)8-20(13)14/h1-4,7-8H,5-6H2. The molecule has 114 valence electrons. The van der Waals surface area contributed by atoms with E-state index in [1.807, 2.05) is 12.1 Å². The zero-order valence-corrected chi connectivity index (χ0v) is 14.3. The SMILES string of the molecule is Clc1ccc(OCCSc2nnc3c(Cl)cc(Cl)cn23)cc1. The van der Waals surface area contributed by atoms with Crippen LogP contribution in [0.1, 0.15) is 0 Å². The minimum absolute atomic E-state index is 0.476. The van der Waals surface area contributed by atoms with Gasteiger partial charge in [0.2, 0.25) is 0 Å². The van der Waals surface area contributed by atoms with Crippen LogP contribution < -0.4 is 4.74 Å². The summed E-state index contributed by atoms with van der Waals surface area (Å²) in [6, 6.07) is 8.89. The van der Waals surface area contributed by atoms with E-state index in [1.165, 1.54) is 11.8 Å². The molecule has 0 N–H and O–H groups in total. The lowest BCUT2D eigenvalue weighted by atomic mass is 10.3. The molecule has 8 heteroatoms. The van der Waals surface area contributed by atoms with Crippen molar-refractivity contribution in [1.29, 1.82) is 0 Å². The van der Waals surface area contributed by atoms with Crippen LogP contribution in [-0.4, -0.2) is 27.0 Å². The molecule has 0 atom stereocenters. The summed E-state index contributed by atoms with van der Waals surface area (Å²) in [4.78, 5) is 0. The van der Waals surface area contributed by atoms with E-state index in [2.05, 4.69) is 10.2 Å². The molecule has 0 radical (unpaired) electrons. The number of thioether (sulfide) groups is 1. The summed E-state index contributed by atoms with van der Waals surface area (Å²) in [6.45, 7) is 0.537. The highest BCUT2D eigenvalue weighted by molar-refractivity contribution is 7.99. The third-order valence-electron chi connectivity index (χ3n) is 2.79. The lowest BCUT2D eigenvalue weighted by molar-refractivity contribution is 0.344. The maximum absolute atomic E-state index is 6.08. The van der Waals surface area contributed by atoms with Gasteiger partial charge in [0.15, 0.2) is 10.8 Å². The van der Waals surface area contributed by atoms with E-state index in [9.17, 15) is 0 Å². The van der Waals surface area contributed by atoms with Crippen molar-refractivity contribution in [3.05, 3.63) is 51.6 Å². The minimum Gasteiger partial charge on any atom is -0.493 e. The maximum Gasteiger partial charge on any atom is 0.195 e. The molecule has 0 unspecified atom stereocenters. The van der Waals surface area contributed by atoms with Crippen molar-refractivity contribution in [2.45, 2.75) is 5.16 Å². The van der Waals surface area contributed by atoms with E-state index >= 15 is 0 Å². The summed E-state index contributed by atoms with van der Waals surface area (Å²) in [6.07, 6.45) is 1.74. The quantitative estimate of drug-likeness (QED) is 0.472. The van der Waals surface area contributed by atoms with Crippen molar-refractivity contribution in [2.75, 3.05) is 12.4 Å². The zero-order chi connectivity index (χ0) is 15.5. The van der Waals surface area contributed by atoms with Crippen molar-refractivity contribution in [3.63, 3.8) is 0 Å². The molecule has 4 nitrogen and oxygen atoms in total. The lowest BCUT2D eigenvalue weighted by Crippen LogP contribution is -2.00. The minimum atomic E-state index is 0.476. The zero-order valence-electron chi connectivity index (χ0n) is 11.2. The van der Waals surface area contributed by atoms with Crippen LogP contribution in [0.4, 0.5) is 0 Å². The molecule has 2 heterocycles. The van der Waals surface area contributed by atoms with Crippen LogP contribution in [0.25, 0.3) is 5.65 Å². The number of hydrogen-bond donors (Lipinski definition) is 0. The van der Waals surface area contributed by atoms with E-state index in [1.54, 1.807) is 28.8 Å². The average molecular weight is 375 g/mol. The largest absolute Gasteiger partial charge is 0.493 e. The van der Waals surface area contributed by atoms with Gasteiger partial charge in [0, 0.05) is 17.0 Å². The Morgan fingerprint density at radius 1 is 1.05 bits per heavy atom. The number of nitrogens with zero attached hydrogens (tertiary/aromatic N) is 3. The van der Waals surface area contributed by atoms with E-state index in [0.717, 1.165) is 10.9 Å². The van der Waals surface area contributed by atoms with Crippen LogP contribution in [0.2, 0.25) is 15.1 Å². The average Bonchev–Trinajstić information content (AvgIpc) is 2.89. The number of hydrogen-bond acceptors (Lipinski definition) is 4. The number of ether oxygens (including phenoxy) is 1. The molecule has 3 aromatic rings. The number of fused-ring (bicyclic) bond motifs is 1. The third-order valence-corrected chi connectivity index (χ3v) is 4.44. The number of rotatable bonds is 5. The Hall–Kier alpha value is -1.14. The van der Waals surface area contributed by atoms with E-state index in [4.69, 9.17) is 39.5 Å². The van der Waals surface area contributed by atoms with Crippen LogP contribution in [0.3, 0.4) is 0 Å². The summed E-state index contributed by atoms with van der Waals surface area (Å²) < 4.78 is 7.41. The summed E-state index contributed by atoms with van der Waals surface area (Å²) in [5.74, 6) is 1.50. The first-order valence-corrected chi connectivity index (χ1v) is 8.46. The highest BCUT2D eigenvalue weighted by atomic mass is 35.5. The van der Waals surface area contributed by atoms with E-state index in [0.29, 0.717) is 33.1 Å². The molecule has 0 amide bonds. The molecular weight excluding hydrogens is 365 g/mol. The number of aromatic nitrogens is 3. The second-order valence-corrected chi connectivity index (χ2v) is 6.68. The molecule has 3 rings (SSSR count). The van der Waals surface area contributed by atoms with Crippen LogP contribution in [0, 0.1) is 0 Å². The van der Waals surface area contributed by atoms with Crippen LogP contribution >= 0.6 is 46.6 Å². The predicted octanol–water partition coefficient (Wildman–Crippen LogP) is 4.86. The first-order chi connectivity index (χ1) is 10.6. The van der Waals surface area contributed by atoms with Gasteiger partial charge in [0.05, 0.1) is 16.7 Å². The molecule has 0 saturated carbocycles. The molecule has 1 aromatic carbocycles. The Morgan fingerprint density at radius 3 is 2.59 bits per heavy atom. The Labute approximate surface area is 146 Å². The second kappa shape index (κ2) is 6.96. The highest BCUT2D eigenvalue weighted by Gasteiger charge is 2.10. The van der Waals surface area contributed by atoms with Gasteiger partial charge in [-0.2, -0.15) is 0 Å². The fourth-order valence-corrected chi connectivity index (χ4v) is 3.19. The molecule has 22 heavy (non-hydrogen) atoms. The molecule has 0 spiro atoms. The van der Waals surface area contributed by atoms with Gasteiger partial charge in [-0.15, -0.1) is 10.2 Å². The molecular formula is C14H10Cl3N3OS. The number of pyridine rings is 1. The Morgan fingerprint density at radius 2 is 1.82 bits per heavy atom. The van der Waals surface area contributed by atoms with Crippen molar-refractivity contribution >= 4 is 52.2 Å².